The van der Waals surface area contributed by atoms with Crippen molar-refractivity contribution in [2.75, 3.05) is 32.8 Å². The predicted octanol–water partition coefficient (Wildman–Crippen LogP) is 2.55. The summed E-state index contributed by atoms with van der Waals surface area (Å²) in [6, 6.07) is 0. The van der Waals surface area contributed by atoms with Gasteiger partial charge < -0.3 is 15.4 Å². The monoisotopic (exact) mass is 281 g/mol. The van der Waals surface area contributed by atoms with Gasteiger partial charge in [0, 0.05) is 32.8 Å². The van der Waals surface area contributed by atoms with Crippen molar-refractivity contribution in [1.29, 1.82) is 0 Å². The first-order valence-corrected chi connectivity index (χ1v) is 8.40. The number of hydrogen-bond acceptors (Lipinski definition) is 2. The Morgan fingerprint density at radius 1 is 1.25 bits per heavy atom. The van der Waals surface area contributed by atoms with E-state index < -0.39 is 0 Å². The van der Waals surface area contributed by atoms with E-state index in [1.54, 1.807) is 0 Å². The molecule has 2 aliphatic carbocycles. The Kier molecular flexibility index (Phi) is 6.14. The highest BCUT2D eigenvalue weighted by Gasteiger charge is 2.48. The molecule has 0 radical (unpaired) electrons. The number of ether oxygens (including phenoxy) is 1. The zero-order valence-corrected chi connectivity index (χ0v) is 13.2. The summed E-state index contributed by atoms with van der Waals surface area (Å²) in [6.45, 7) is 8.66. The summed E-state index contributed by atoms with van der Waals surface area (Å²) in [6.07, 6.45) is 8.11. The van der Waals surface area contributed by atoms with E-state index in [0.717, 1.165) is 51.1 Å². The second-order valence-corrected chi connectivity index (χ2v) is 6.16. The van der Waals surface area contributed by atoms with Crippen LogP contribution in [0.1, 0.15) is 52.4 Å². The number of aliphatic imine (C=N–C) groups is 1. The van der Waals surface area contributed by atoms with Gasteiger partial charge in [-0.3, -0.25) is 4.99 Å². The molecule has 0 spiro atoms. The van der Waals surface area contributed by atoms with Gasteiger partial charge in [0.25, 0.3) is 0 Å². The Balaban J connectivity index is 1.73. The third kappa shape index (κ3) is 4.37. The highest BCUT2D eigenvalue weighted by molar-refractivity contribution is 5.79. The zero-order chi connectivity index (χ0) is 14.3. The first-order chi connectivity index (χ1) is 9.80. The van der Waals surface area contributed by atoms with Crippen LogP contribution in [-0.4, -0.2) is 38.8 Å². The minimum Gasteiger partial charge on any atom is -0.382 e. The molecule has 2 aliphatic rings. The standard InChI is InChI=1S/C16H31N3O/c1-3-17-15(18-11-6-12-20-4-2)19-13-16(9-5-10-16)14-7-8-14/h14H,3-13H2,1-2H3,(H2,17,18,19). The largest absolute Gasteiger partial charge is 0.382 e. The lowest BCUT2D eigenvalue weighted by Gasteiger charge is -2.41. The molecule has 0 aromatic carbocycles. The maximum Gasteiger partial charge on any atom is 0.191 e. The highest BCUT2D eigenvalue weighted by atomic mass is 16.5. The molecule has 0 aliphatic heterocycles. The molecule has 0 heterocycles. The van der Waals surface area contributed by atoms with Gasteiger partial charge in [-0.1, -0.05) is 6.42 Å². The van der Waals surface area contributed by atoms with Gasteiger partial charge in [0.1, 0.15) is 0 Å². The Labute approximate surface area is 123 Å². The molecular weight excluding hydrogens is 250 g/mol. The van der Waals surface area contributed by atoms with E-state index in [4.69, 9.17) is 9.73 Å². The molecule has 0 aromatic heterocycles. The van der Waals surface area contributed by atoms with Gasteiger partial charge in [-0.05, 0) is 57.3 Å². The molecule has 0 bridgehead atoms. The number of guanidine groups is 1. The van der Waals surface area contributed by atoms with Crippen molar-refractivity contribution in [2.24, 2.45) is 16.3 Å². The van der Waals surface area contributed by atoms with E-state index in [9.17, 15) is 0 Å². The van der Waals surface area contributed by atoms with Crippen molar-refractivity contribution in [3.05, 3.63) is 0 Å². The van der Waals surface area contributed by atoms with Crippen molar-refractivity contribution in [2.45, 2.75) is 52.4 Å². The van der Waals surface area contributed by atoms with Gasteiger partial charge in [0.15, 0.2) is 5.96 Å². The Hall–Kier alpha value is -0.770. The van der Waals surface area contributed by atoms with E-state index in [2.05, 4.69) is 17.6 Å². The van der Waals surface area contributed by atoms with Crippen LogP contribution in [-0.2, 0) is 4.74 Å². The molecule has 4 heteroatoms. The van der Waals surface area contributed by atoms with Gasteiger partial charge in [0.05, 0.1) is 0 Å². The molecule has 0 amide bonds. The lowest BCUT2D eigenvalue weighted by atomic mass is 9.65. The van der Waals surface area contributed by atoms with Crippen LogP contribution in [0.25, 0.3) is 0 Å². The minimum atomic E-state index is 0.563. The van der Waals surface area contributed by atoms with E-state index in [0.29, 0.717) is 5.41 Å². The topological polar surface area (TPSA) is 45.7 Å². The van der Waals surface area contributed by atoms with Crippen LogP contribution < -0.4 is 10.6 Å². The first-order valence-electron chi connectivity index (χ1n) is 8.40. The van der Waals surface area contributed by atoms with Crippen LogP contribution in [0.4, 0.5) is 0 Å². The van der Waals surface area contributed by atoms with E-state index in [1.807, 2.05) is 6.92 Å². The van der Waals surface area contributed by atoms with Crippen molar-refractivity contribution < 1.29 is 4.74 Å². The van der Waals surface area contributed by atoms with Crippen molar-refractivity contribution in [3.8, 4) is 0 Å². The maximum absolute atomic E-state index is 5.36. The van der Waals surface area contributed by atoms with E-state index in [1.165, 1.54) is 32.1 Å². The summed E-state index contributed by atoms with van der Waals surface area (Å²) >= 11 is 0. The molecule has 0 unspecified atom stereocenters. The van der Waals surface area contributed by atoms with Crippen LogP contribution in [0.15, 0.2) is 4.99 Å². The average Bonchev–Trinajstić information content (AvgIpc) is 3.22. The number of nitrogens with one attached hydrogen (secondary N) is 2. The molecule has 4 nitrogen and oxygen atoms in total. The van der Waals surface area contributed by atoms with Crippen LogP contribution in [0.3, 0.4) is 0 Å². The Bertz CT molecular complexity index is 309. The highest BCUT2D eigenvalue weighted by Crippen LogP contribution is 2.57. The molecule has 0 saturated heterocycles. The maximum atomic E-state index is 5.36. The fourth-order valence-corrected chi connectivity index (χ4v) is 3.13. The van der Waals surface area contributed by atoms with Crippen molar-refractivity contribution in [1.82, 2.24) is 10.6 Å². The number of nitrogens with zero attached hydrogens (tertiary/aromatic N) is 1. The molecule has 2 N–H and O–H groups in total. The van der Waals surface area contributed by atoms with Crippen LogP contribution in [0, 0.1) is 11.3 Å². The first kappa shape index (κ1) is 15.6. The molecule has 2 rings (SSSR count). The molecule has 116 valence electrons. The smallest absolute Gasteiger partial charge is 0.191 e. The second-order valence-electron chi connectivity index (χ2n) is 6.16. The summed E-state index contributed by atoms with van der Waals surface area (Å²) in [5.41, 5.74) is 0.563. The van der Waals surface area contributed by atoms with Gasteiger partial charge in [-0.2, -0.15) is 0 Å². The minimum absolute atomic E-state index is 0.563. The summed E-state index contributed by atoms with van der Waals surface area (Å²) < 4.78 is 5.36. The molecule has 0 atom stereocenters. The van der Waals surface area contributed by atoms with Gasteiger partial charge >= 0.3 is 0 Å². The molecule has 0 aromatic rings. The lowest BCUT2D eigenvalue weighted by Crippen LogP contribution is -2.41. The molecular formula is C16H31N3O. The summed E-state index contributed by atoms with van der Waals surface area (Å²) in [4.78, 5) is 4.84. The van der Waals surface area contributed by atoms with Crippen molar-refractivity contribution in [3.63, 3.8) is 0 Å². The van der Waals surface area contributed by atoms with Gasteiger partial charge in [0.2, 0.25) is 0 Å². The average molecular weight is 281 g/mol. The zero-order valence-electron chi connectivity index (χ0n) is 13.2. The SMILES string of the molecule is CCNC(=NCC1(C2CC2)CCC1)NCCCOCC. The predicted molar refractivity (Wildman–Crippen MR) is 84.1 cm³/mol. The fourth-order valence-electron chi connectivity index (χ4n) is 3.13. The quantitative estimate of drug-likeness (QED) is 0.388. The molecule has 2 saturated carbocycles. The summed E-state index contributed by atoms with van der Waals surface area (Å²) in [5.74, 6) is 1.96. The third-order valence-corrected chi connectivity index (χ3v) is 4.65. The molecule has 2 fully saturated rings. The number of hydrogen-bond donors (Lipinski definition) is 2. The van der Waals surface area contributed by atoms with Crippen LogP contribution in [0.2, 0.25) is 0 Å². The Morgan fingerprint density at radius 3 is 2.60 bits per heavy atom. The van der Waals surface area contributed by atoms with Crippen molar-refractivity contribution >= 4 is 5.96 Å². The lowest BCUT2D eigenvalue weighted by molar-refractivity contribution is 0.113. The summed E-state index contributed by atoms with van der Waals surface area (Å²) in [7, 11) is 0. The fraction of sp³-hybridized carbons (Fsp3) is 0.938. The summed E-state index contributed by atoms with van der Waals surface area (Å²) in [5, 5.41) is 6.77. The molecule has 20 heavy (non-hydrogen) atoms. The van der Waals surface area contributed by atoms with Gasteiger partial charge in [-0.25, -0.2) is 0 Å². The van der Waals surface area contributed by atoms with E-state index >= 15 is 0 Å². The normalized spacial score (nSPS) is 21.4. The second kappa shape index (κ2) is 7.87. The van der Waals surface area contributed by atoms with E-state index in [-0.39, 0.29) is 0 Å². The Morgan fingerprint density at radius 2 is 2.05 bits per heavy atom. The van der Waals surface area contributed by atoms with Gasteiger partial charge in [-0.15, -0.1) is 0 Å². The third-order valence-electron chi connectivity index (χ3n) is 4.65. The van der Waals surface area contributed by atoms with Crippen LogP contribution >= 0.6 is 0 Å². The van der Waals surface area contributed by atoms with Crippen LogP contribution in [0.5, 0.6) is 0 Å². The number of rotatable bonds is 9.